The number of amides is 1. The topological polar surface area (TPSA) is 65.2 Å². The summed E-state index contributed by atoms with van der Waals surface area (Å²) in [4.78, 5) is 14.5. The van der Waals surface area contributed by atoms with E-state index in [4.69, 9.17) is 10.5 Å². The Morgan fingerprint density at radius 2 is 2.36 bits per heavy atom. The van der Waals surface area contributed by atoms with Gasteiger partial charge in [0.2, 0.25) is 0 Å². The predicted molar refractivity (Wildman–Crippen MR) is 46.4 cm³/mol. The molecule has 1 aliphatic rings. The second-order valence-corrected chi connectivity index (χ2v) is 3.18. The van der Waals surface area contributed by atoms with E-state index in [0.717, 1.165) is 25.1 Å². The van der Waals surface area contributed by atoms with E-state index in [0.29, 0.717) is 0 Å². The molecule has 0 aliphatic heterocycles. The zero-order valence-corrected chi connectivity index (χ0v) is 7.37. The van der Waals surface area contributed by atoms with Crippen molar-refractivity contribution in [1.82, 2.24) is 4.98 Å². The summed E-state index contributed by atoms with van der Waals surface area (Å²) in [5.74, 6) is -1.11. The van der Waals surface area contributed by atoms with Crippen LogP contribution >= 0.6 is 0 Å². The van der Waals surface area contributed by atoms with Crippen LogP contribution in [-0.4, -0.2) is 17.0 Å². The minimum absolute atomic E-state index is 0.0155. The first-order valence-electron chi connectivity index (χ1n) is 4.29. The maximum atomic E-state index is 12.8. The molecule has 14 heavy (non-hydrogen) atoms. The van der Waals surface area contributed by atoms with Crippen LogP contribution in [0.15, 0.2) is 12.3 Å². The molecule has 0 unspecified atom stereocenters. The molecule has 0 bridgehead atoms. The maximum absolute atomic E-state index is 12.8. The monoisotopic (exact) mass is 196 g/mol. The first-order valence-corrected chi connectivity index (χ1v) is 4.29. The molecule has 4 nitrogen and oxygen atoms in total. The van der Waals surface area contributed by atoms with Crippen molar-refractivity contribution in [3.8, 4) is 5.75 Å². The highest BCUT2D eigenvalue weighted by molar-refractivity contribution is 5.93. The molecule has 1 amide bonds. The minimum atomic E-state index is -0.708. The number of pyridine rings is 1. The summed E-state index contributed by atoms with van der Waals surface area (Å²) in [6.45, 7) is 0. The molecule has 5 heteroatoms. The molecule has 2 N–H and O–H groups in total. The Morgan fingerprint density at radius 1 is 1.64 bits per heavy atom. The van der Waals surface area contributed by atoms with Crippen molar-refractivity contribution < 1.29 is 13.9 Å². The summed E-state index contributed by atoms with van der Waals surface area (Å²) in [6, 6.07) is 1.13. The summed E-state index contributed by atoms with van der Waals surface area (Å²) in [5, 5.41) is 0. The van der Waals surface area contributed by atoms with Gasteiger partial charge in [0, 0.05) is 6.07 Å². The molecule has 1 aromatic rings. The number of hydrogen-bond donors (Lipinski definition) is 1. The molecule has 0 radical (unpaired) electrons. The lowest BCUT2D eigenvalue weighted by Crippen LogP contribution is -2.15. The van der Waals surface area contributed by atoms with E-state index in [2.05, 4.69) is 4.98 Å². The van der Waals surface area contributed by atoms with Crippen LogP contribution in [0.4, 0.5) is 4.39 Å². The van der Waals surface area contributed by atoms with Crippen LogP contribution in [0.5, 0.6) is 5.75 Å². The van der Waals surface area contributed by atoms with E-state index in [-0.39, 0.29) is 17.5 Å². The van der Waals surface area contributed by atoms with Gasteiger partial charge in [0.25, 0.3) is 5.91 Å². The number of nitrogens with zero attached hydrogens (tertiary/aromatic N) is 1. The average Bonchev–Trinajstić information content (AvgIpc) is 2.87. The largest absolute Gasteiger partial charge is 0.488 e. The fraction of sp³-hybridized carbons (Fsp3) is 0.333. The number of primary amides is 1. The van der Waals surface area contributed by atoms with E-state index in [1.54, 1.807) is 0 Å². The lowest BCUT2D eigenvalue weighted by molar-refractivity contribution is 0.0990. The number of rotatable bonds is 3. The molecule has 0 atom stereocenters. The van der Waals surface area contributed by atoms with E-state index < -0.39 is 11.7 Å². The zero-order chi connectivity index (χ0) is 10.1. The molecular weight excluding hydrogens is 187 g/mol. The number of ether oxygens (including phenoxy) is 1. The zero-order valence-electron chi connectivity index (χ0n) is 7.37. The fourth-order valence-electron chi connectivity index (χ4n) is 1.06. The van der Waals surface area contributed by atoms with Gasteiger partial charge < -0.3 is 10.5 Å². The van der Waals surface area contributed by atoms with Crippen LogP contribution in [0.3, 0.4) is 0 Å². The van der Waals surface area contributed by atoms with Gasteiger partial charge in [-0.25, -0.2) is 9.37 Å². The van der Waals surface area contributed by atoms with Crippen molar-refractivity contribution in [3.05, 3.63) is 23.8 Å². The van der Waals surface area contributed by atoms with Crippen molar-refractivity contribution in [1.29, 1.82) is 0 Å². The Balaban J connectivity index is 2.31. The molecule has 1 aromatic heterocycles. The molecular formula is C9H9FN2O2. The van der Waals surface area contributed by atoms with Crippen LogP contribution in [-0.2, 0) is 0 Å². The highest BCUT2D eigenvalue weighted by Crippen LogP contribution is 2.28. The SMILES string of the molecule is NC(=O)c1ncc(F)cc1OC1CC1. The molecule has 1 heterocycles. The van der Waals surface area contributed by atoms with Gasteiger partial charge in [-0.2, -0.15) is 0 Å². The Kier molecular flexibility index (Phi) is 2.07. The average molecular weight is 196 g/mol. The summed E-state index contributed by atoms with van der Waals surface area (Å²) in [7, 11) is 0. The Morgan fingerprint density at radius 3 is 2.93 bits per heavy atom. The predicted octanol–water partition coefficient (Wildman–Crippen LogP) is 0.861. The van der Waals surface area contributed by atoms with Gasteiger partial charge in [0.1, 0.15) is 5.82 Å². The van der Waals surface area contributed by atoms with Crippen molar-refractivity contribution in [3.63, 3.8) is 0 Å². The molecule has 74 valence electrons. The lowest BCUT2D eigenvalue weighted by atomic mass is 10.3. The third kappa shape index (κ3) is 1.81. The third-order valence-corrected chi connectivity index (χ3v) is 1.87. The fourth-order valence-corrected chi connectivity index (χ4v) is 1.06. The molecule has 1 fully saturated rings. The second-order valence-electron chi connectivity index (χ2n) is 3.18. The normalized spacial score (nSPS) is 15.2. The van der Waals surface area contributed by atoms with Crippen LogP contribution in [0, 0.1) is 5.82 Å². The standard InChI is InChI=1S/C9H9FN2O2/c10-5-3-7(14-6-1-2-6)8(9(11)13)12-4-5/h3-4,6H,1-2H2,(H2,11,13). The number of carbonyl (C=O) groups is 1. The van der Waals surface area contributed by atoms with Crippen molar-refractivity contribution in [2.75, 3.05) is 0 Å². The first kappa shape index (κ1) is 8.93. The Hall–Kier alpha value is -1.65. The summed E-state index contributed by atoms with van der Waals surface area (Å²) in [6.07, 6.45) is 2.88. The number of nitrogens with two attached hydrogens (primary N) is 1. The first-order chi connectivity index (χ1) is 6.66. The lowest BCUT2D eigenvalue weighted by Gasteiger charge is -2.06. The van der Waals surface area contributed by atoms with E-state index in [1.807, 2.05) is 0 Å². The van der Waals surface area contributed by atoms with Crippen LogP contribution in [0.25, 0.3) is 0 Å². The van der Waals surface area contributed by atoms with Gasteiger partial charge in [-0.15, -0.1) is 0 Å². The van der Waals surface area contributed by atoms with Crippen molar-refractivity contribution in [2.45, 2.75) is 18.9 Å². The molecule has 0 saturated heterocycles. The van der Waals surface area contributed by atoms with Gasteiger partial charge in [0.15, 0.2) is 11.4 Å². The summed E-state index contributed by atoms with van der Waals surface area (Å²) < 4.78 is 18.1. The molecule has 1 saturated carbocycles. The molecule has 0 spiro atoms. The second kappa shape index (κ2) is 3.25. The Bertz CT molecular complexity index is 377. The number of aromatic nitrogens is 1. The van der Waals surface area contributed by atoms with Crippen LogP contribution in [0.2, 0.25) is 0 Å². The van der Waals surface area contributed by atoms with Gasteiger partial charge in [-0.3, -0.25) is 4.79 Å². The number of carbonyl (C=O) groups excluding carboxylic acids is 1. The Labute approximate surface area is 79.9 Å². The van der Waals surface area contributed by atoms with Crippen LogP contribution < -0.4 is 10.5 Å². The number of halogens is 1. The van der Waals surface area contributed by atoms with E-state index >= 15 is 0 Å². The van der Waals surface area contributed by atoms with Gasteiger partial charge in [-0.1, -0.05) is 0 Å². The van der Waals surface area contributed by atoms with Gasteiger partial charge in [-0.05, 0) is 12.8 Å². The van der Waals surface area contributed by atoms with Crippen LogP contribution in [0.1, 0.15) is 23.3 Å². The quantitative estimate of drug-likeness (QED) is 0.779. The van der Waals surface area contributed by atoms with Gasteiger partial charge in [0.05, 0.1) is 12.3 Å². The number of hydrogen-bond acceptors (Lipinski definition) is 3. The molecule has 0 aromatic carbocycles. The van der Waals surface area contributed by atoms with Gasteiger partial charge >= 0.3 is 0 Å². The third-order valence-electron chi connectivity index (χ3n) is 1.87. The maximum Gasteiger partial charge on any atom is 0.271 e. The van der Waals surface area contributed by atoms with Crippen molar-refractivity contribution >= 4 is 5.91 Å². The summed E-state index contributed by atoms with van der Waals surface area (Å²) in [5.41, 5.74) is 5.04. The van der Waals surface area contributed by atoms with Crippen molar-refractivity contribution in [2.24, 2.45) is 5.73 Å². The molecule has 2 rings (SSSR count). The minimum Gasteiger partial charge on any atom is -0.488 e. The smallest absolute Gasteiger partial charge is 0.271 e. The highest BCUT2D eigenvalue weighted by atomic mass is 19.1. The summed E-state index contributed by atoms with van der Waals surface area (Å²) >= 11 is 0. The van der Waals surface area contributed by atoms with E-state index in [1.165, 1.54) is 0 Å². The van der Waals surface area contributed by atoms with E-state index in [9.17, 15) is 9.18 Å². The molecule has 1 aliphatic carbocycles. The highest BCUT2D eigenvalue weighted by Gasteiger charge is 2.26.